The first-order valence-electron chi connectivity index (χ1n) is 4.69. The highest BCUT2D eigenvalue weighted by Gasteiger charge is 2.17. The van der Waals surface area contributed by atoms with E-state index in [-0.39, 0.29) is 17.3 Å². The van der Waals surface area contributed by atoms with E-state index in [9.17, 15) is 13.2 Å². The summed E-state index contributed by atoms with van der Waals surface area (Å²) in [6.45, 7) is 2.09. The van der Waals surface area contributed by atoms with Crippen molar-refractivity contribution in [3.63, 3.8) is 0 Å². The number of amides is 1. The van der Waals surface area contributed by atoms with Gasteiger partial charge in [-0.05, 0) is 6.92 Å². The fourth-order valence-corrected chi connectivity index (χ4v) is 1.82. The lowest BCUT2D eigenvalue weighted by atomic mass is 10.5. The molecule has 90 valence electrons. The van der Waals surface area contributed by atoms with E-state index in [4.69, 9.17) is 0 Å². The molecule has 0 aromatic carbocycles. The lowest BCUT2D eigenvalue weighted by Gasteiger charge is -2.14. The maximum absolute atomic E-state index is 11.6. The fraction of sp³-hybridized carbons (Fsp3) is 0.500. The van der Waals surface area contributed by atoms with Crippen molar-refractivity contribution in [3.05, 3.63) is 12.4 Å². The first-order valence-corrected chi connectivity index (χ1v) is 6.18. The number of carbonyl (C=O) groups is 1. The molecule has 0 bridgehead atoms. The van der Waals surface area contributed by atoms with Gasteiger partial charge >= 0.3 is 0 Å². The van der Waals surface area contributed by atoms with Gasteiger partial charge in [0.15, 0.2) is 0 Å². The Hall–Kier alpha value is -1.41. The van der Waals surface area contributed by atoms with Crippen LogP contribution in [0.25, 0.3) is 0 Å². The molecule has 0 radical (unpaired) electrons. The van der Waals surface area contributed by atoms with Crippen LogP contribution in [0, 0.1) is 0 Å². The van der Waals surface area contributed by atoms with Crippen LogP contribution in [0.4, 0.5) is 0 Å². The normalized spacial score (nSPS) is 11.4. The molecule has 0 unspecified atom stereocenters. The van der Waals surface area contributed by atoms with E-state index < -0.39 is 10.0 Å². The SMILES string of the molecule is CCN(C)C(=O)CNS(=O)(=O)c1cn[nH]c1. The Morgan fingerprint density at radius 1 is 1.62 bits per heavy atom. The second kappa shape index (κ2) is 5.08. The second-order valence-corrected chi connectivity index (χ2v) is 4.93. The van der Waals surface area contributed by atoms with Gasteiger partial charge in [0.2, 0.25) is 15.9 Å². The van der Waals surface area contributed by atoms with E-state index in [1.54, 1.807) is 7.05 Å². The Bertz CT molecular complexity index is 440. The molecule has 0 aliphatic heterocycles. The minimum absolute atomic E-state index is 0.0134. The monoisotopic (exact) mass is 246 g/mol. The van der Waals surface area contributed by atoms with E-state index in [0.29, 0.717) is 6.54 Å². The number of aromatic amines is 1. The molecular formula is C8H14N4O3S. The molecule has 0 saturated carbocycles. The third kappa shape index (κ3) is 3.04. The van der Waals surface area contributed by atoms with Crippen molar-refractivity contribution in [2.75, 3.05) is 20.1 Å². The van der Waals surface area contributed by atoms with Crippen molar-refractivity contribution in [3.8, 4) is 0 Å². The van der Waals surface area contributed by atoms with Gasteiger partial charge in [0, 0.05) is 19.8 Å². The molecular weight excluding hydrogens is 232 g/mol. The smallest absolute Gasteiger partial charge is 0.244 e. The van der Waals surface area contributed by atoms with E-state index in [0.717, 1.165) is 0 Å². The molecule has 1 aromatic rings. The number of hydrogen-bond donors (Lipinski definition) is 2. The quantitative estimate of drug-likeness (QED) is 0.708. The zero-order chi connectivity index (χ0) is 12.2. The molecule has 0 aliphatic rings. The van der Waals surface area contributed by atoms with E-state index in [2.05, 4.69) is 14.9 Å². The predicted molar refractivity (Wildman–Crippen MR) is 57.1 cm³/mol. The Labute approximate surface area is 93.9 Å². The van der Waals surface area contributed by atoms with E-state index >= 15 is 0 Å². The molecule has 0 fully saturated rings. The summed E-state index contributed by atoms with van der Waals surface area (Å²) >= 11 is 0. The molecule has 0 spiro atoms. The van der Waals surface area contributed by atoms with Crippen molar-refractivity contribution in [1.29, 1.82) is 0 Å². The summed E-state index contributed by atoms with van der Waals surface area (Å²) in [5.41, 5.74) is 0. The lowest BCUT2D eigenvalue weighted by molar-refractivity contribution is -0.128. The number of carbonyl (C=O) groups excluding carboxylic acids is 1. The van der Waals surface area contributed by atoms with Crippen LogP contribution in [-0.2, 0) is 14.8 Å². The van der Waals surface area contributed by atoms with Gasteiger partial charge in [-0.25, -0.2) is 13.1 Å². The van der Waals surface area contributed by atoms with Crippen LogP contribution in [0.2, 0.25) is 0 Å². The fourth-order valence-electron chi connectivity index (χ4n) is 0.937. The first-order chi connectivity index (χ1) is 7.47. The summed E-state index contributed by atoms with van der Waals surface area (Å²) in [5.74, 6) is -0.283. The van der Waals surface area contributed by atoms with Crippen LogP contribution in [0.1, 0.15) is 6.92 Å². The summed E-state index contributed by atoms with van der Waals surface area (Å²) < 4.78 is 25.3. The maximum atomic E-state index is 11.6. The number of sulfonamides is 1. The zero-order valence-electron chi connectivity index (χ0n) is 9.10. The largest absolute Gasteiger partial charge is 0.345 e. The van der Waals surface area contributed by atoms with Crippen LogP contribution >= 0.6 is 0 Å². The number of likely N-dealkylation sites (N-methyl/N-ethyl adjacent to an activating group) is 1. The van der Waals surface area contributed by atoms with Gasteiger partial charge in [0.25, 0.3) is 0 Å². The van der Waals surface area contributed by atoms with Crippen LogP contribution in [0.5, 0.6) is 0 Å². The third-order valence-corrected chi connectivity index (χ3v) is 3.47. The molecule has 7 nitrogen and oxygen atoms in total. The van der Waals surface area contributed by atoms with E-state index in [1.165, 1.54) is 17.3 Å². The summed E-state index contributed by atoms with van der Waals surface area (Å²) in [4.78, 5) is 12.8. The molecule has 0 aliphatic carbocycles. The average Bonchev–Trinajstić information content (AvgIpc) is 2.78. The predicted octanol–water partition coefficient (Wildman–Crippen LogP) is -0.834. The number of aromatic nitrogens is 2. The summed E-state index contributed by atoms with van der Waals surface area (Å²) in [7, 11) is -2.04. The first kappa shape index (κ1) is 12.7. The maximum Gasteiger partial charge on any atom is 0.244 e. The summed E-state index contributed by atoms with van der Waals surface area (Å²) in [5, 5.41) is 5.92. The standard InChI is InChI=1S/C8H14N4O3S/c1-3-12(2)8(13)6-11-16(14,15)7-4-9-10-5-7/h4-5,11H,3,6H2,1-2H3,(H,9,10). The highest BCUT2D eigenvalue weighted by atomic mass is 32.2. The van der Waals surface area contributed by atoms with Gasteiger partial charge in [0.1, 0.15) is 4.90 Å². The molecule has 1 aromatic heterocycles. The molecule has 0 atom stereocenters. The third-order valence-electron chi connectivity index (χ3n) is 2.10. The van der Waals surface area contributed by atoms with Crippen molar-refractivity contribution >= 4 is 15.9 Å². The Morgan fingerprint density at radius 2 is 2.31 bits per heavy atom. The molecule has 16 heavy (non-hydrogen) atoms. The second-order valence-electron chi connectivity index (χ2n) is 3.17. The van der Waals surface area contributed by atoms with E-state index in [1.807, 2.05) is 6.92 Å². The number of nitrogens with one attached hydrogen (secondary N) is 2. The molecule has 1 rings (SSSR count). The number of nitrogens with zero attached hydrogens (tertiary/aromatic N) is 2. The van der Waals surface area contributed by atoms with Gasteiger partial charge in [-0.1, -0.05) is 0 Å². The molecule has 8 heteroatoms. The van der Waals surface area contributed by atoms with Gasteiger partial charge in [-0.2, -0.15) is 5.10 Å². The number of hydrogen-bond acceptors (Lipinski definition) is 4. The Kier molecular flexibility index (Phi) is 4.02. The Balaban J connectivity index is 2.59. The minimum Gasteiger partial charge on any atom is -0.345 e. The number of H-pyrrole nitrogens is 1. The molecule has 1 amide bonds. The van der Waals surface area contributed by atoms with Gasteiger partial charge in [-0.3, -0.25) is 9.89 Å². The van der Waals surface area contributed by atoms with Gasteiger partial charge < -0.3 is 4.90 Å². The highest BCUT2D eigenvalue weighted by molar-refractivity contribution is 7.89. The Morgan fingerprint density at radius 3 is 2.81 bits per heavy atom. The lowest BCUT2D eigenvalue weighted by Crippen LogP contribution is -2.37. The zero-order valence-corrected chi connectivity index (χ0v) is 9.91. The highest BCUT2D eigenvalue weighted by Crippen LogP contribution is 2.03. The average molecular weight is 246 g/mol. The van der Waals surface area contributed by atoms with Crippen molar-refractivity contribution < 1.29 is 13.2 Å². The van der Waals surface area contributed by atoms with Crippen molar-refractivity contribution in [2.24, 2.45) is 0 Å². The van der Waals surface area contributed by atoms with Crippen LogP contribution < -0.4 is 4.72 Å². The minimum atomic E-state index is -3.65. The van der Waals surface area contributed by atoms with Crippen LogP contribution in [-0.4, -0.2) is 49.6 Å². The summed E-state index contributed by atoms with van der Waals surface area (Å²) in [6.07, 6.45) is 2.42. The van der Waals surface area contributed by atoms with Gasteiger partial charge in [0.05, 0.1) is 12.7 Å². The molecule has 1 heterocycles. The van der Waals surface area contributed by atoms with Gasteiger partial charge in [-0.15, -0.1) is 0 Å². The number of rotatable bonds is 5. The molecule has 2 N–H and O–H groups in total. The van der Waals surface area contributed by atoms with Crippen LogP contribution in [0.3, 0.4) is 0 Å². The van der Waals surface area contributed by atoms with Crippen molar-refractivity contribution in [2.45, 2.75) is 11.8 Å². The topological polar surface area (TPSA) is 95.2 Å². The summed E-state index contributed by atoms with van der Waals surface area (Å²) in [6, 6.07) is 0. The van der Waals surface area contributed by atoms with Crippen molar-refractivity contribution in [1.82, 2.24) is 19.8 Å². The van der Waals surface area contributed by atoms with Crippen LogP contribution in [0.15, 0.2) is 17.3 Å². The molecule has 0 saturated heterocycles.